The summed E-state index contributed by atoms with van der Waals surface area (Å²) in [6.07, 6.45) is 1.33. The van der Waals surface area contributed by atoms with Gasteiger partial charge in [0.25, 0.3) is 0 Å². The molecule has 1 aliphatic heterocycles. The standard InChI is InChI=1S/C14H19ClN2O3S/c15-13-3-1-2-11(8-13)4-6-16-14(18)17-9-12-5-7-21(19,20)10-12/h1-3,8,12H,4-7,9-10H2,(H2,16,17,18)/t12-/m0/s1. The number of carbonyl (C=O) groups excluding carboxylic acids is 1. The molecule has 1 fully saturated rings. The van der Waals surface area contributed by atoms with Crippen LogP contribution < -0.4 is 10.6 Å². The summed E-state index contributed by atoms with van der Waals surface area (Å²) in [5.74, 6) is 0.444. The first-order chi connectivity index (χ1) is 9.94. The molecule has 1 saturated heterocycles. The third-order valence-corrected chi connectivity index (χ3v) is 5.54. The van der Waals surface area contributed by atoms with Crippen LogP contribution in [0.4, 0.5) is 4.79 Å². The molecule has 5 nitrogen and oxygen atoms in total. The molecule has 1 aromatic rings. The van der Waals surface area contributed by atoms with Crippen molar-refractivity contribution in [3.8, 4) is 0 Å². The minimum absolute atomic E-state index is 0.0358. The van der Waals surface area contributed by atoms with E-state index in [1.165, 1.54) is 0 Å². The lowest BCUT2D eigenvalue weighted by Gasteiger charge is -2.11. The Bertz CT molecular complexity index is 604. The zero-order chi connectivity index (χ0) is 15.3. The molecule has 1 atom stereocenters. The smallest absolute Gasteiger partial charge is 0.314 e. The van der Waals surface area contributed by atoms with E-state index in [1.54, 1.807) is 6.07 Å². The lowest BCUT2D eigenvalue weighted by Crippen LogP contribution is -2.39. The van der Waals surface area contributed by atoms with Crippen molar-refractivity contribution < 1.29 is 13.2 Å². The average Bonchev–Trinajstić information content (AvgIpc) is 2.76. The molecule has 0 bridgehead atoms. The number of rotatable bonds is 5. The molecule has 2 amide bonds. The van der Waals surface area contributed by atoms with Gasteiger partial charge in [-0.2, -0.15) is 0 Å². The Morgan fingerprint density at radius 2 is 2.14 bits per heavy atom. The third kappa shape index (κ3) is 5.55. The Balaban J connectivity index is 1.64. The van der Waals surface area contributed by atoms with Gasteiger partial charge in [-0.3, -0.25) is 0 Å². The van der Waals surface area contributed by atoms with E-state index in [2.05, 4.69) is 10.6 Å². The van der Waals surface area contributed by atoms with Gasteiger partial charge in [0.05, 0.1) is 11.5 Å². The lowest BCUT2D eigenvalue weighted by molar-refractivity contribution is 0.239. The van der Waals surface area contributed by atoms with Crippen LogP contribution in [0.1, 0.15) is 12.0 Å². The topological polar surface area (TPSA) is 75.3 Å². The van der Waals surface area contributed by atoms with Crippen molar-refractivity contribution in [3.05, 3.63) is 34.9 Å². The van der Waals surface area contributed by atoms with Crippen molar-refractivity contribution in [2.45, 2.75) is 12.8 Å². The molecule has 116 valence electrons. The van der Waals surface area contributed by atoms with Gasteiger partial charge >= 0.3 is 6.03 Å². The largest absolute Gasteiger partial charge is 0.338 e. The first kappa shape index (κ1) is 16.1. The molecule has 2 N–H and O–H groups in total. The number of hydrogen-bond donors (Lipinski definition) is 2. The van der Waals surface area contributed by atoms with E-state index in [4.69, 9.17) is 11.6 Å². The molecule has 0 aliphatic carbocycles. The van der Waals surface area contributed by atoms with E-state index < -0.39 is 9.84 Å². The maximum atomic E-state index is 11.6. The van der Waals surface area contributed by atoms with Gasteiger partial charge in [-0.05, 0) is 36.5 Å². The number of urea groups is 1. The summed E-state index contributed by atoms with van der Waals surface area (Å²) in [5.41, 5.74) is 1.06. The van der Waals surface area contributed by atoms with E-state index in [9.17, 15) is 13.2 Å². The molecule has 0 spiro atoms. The molecule has 2 rings (SSSR count). The number of nitrogens with one attached hydrogen (secondary N) is 2. The van der Waals surface area contributed by atoms with E-state index in [-0.39, 0.29) is 23.5 Å². The highest BCUT2D eigenvalue weighted by molar-refractivity contribution is 7.91. The molecule has 1 aliphatic rings. The van der Waals surface area contributed by atoms with Crippen LogP contribution in [0.25, 0.3) is 0 Å². The molecule has 0 saturated carbocycles. The second-order valence-electron chi connectivity index (χ2n) is 5.29. The number of hydrogen-bond acceptors (Lipinski definition) is 3. The van der Waals surface area contributed by atoms with Gasteiger partial charge in [0.15, 0.2) is 9.84 Å². The number of sulfone groups is 1. The molecule has 0 unspecified atom stereocenters. The Kier molecular flexibility index (Phi) is 5.47. The van der Waals surface area contributed by atoms with Crippen LogP contribution in [-0.4, -0.2) is 39.0 Å². The van der Waals surface area contributed by atoms with Crippen LogP contribution in [0, 0.1) is 5.92 Å². The molecule has 0 radical (unpaired) electrons. The normalized spacial score (nSPS) is 20.1. The van der Waals surface area contributed by atoms with Gasteiger partial charge < -0.3 is 10.6 Å². The second kappa shape index (κ2) is 7.13. The molecular weight excluding hydrogens is 312 g/mol. The Hall–Kier alpha value is -1.27. The van der Waals surface area contributed by atoms with Gasteiger partial charge in [0.1, 0.15) is 0 Å². The Labute approximate surface area is 130 Å². The summed E-state index contributed by atoms with van der Waals surface area (Å²) >= 11 is 5.88. The summed E-state index contributed by atoms with van der Waals surface area (Å²) in [6, 6.07) is 7.24. The molecule has 1 heterocycles. The van der Waals surface area contributed by atoms with E-state index in [0.29, 0.717) is 31.0 Å². The maximum absolute atomic E-state index is 11.6. The minimum atomic E-state index is -2.88. The first-order valence-corrected chi connectivity index (χ1v) is 9.11. The quantitative estimate of drug-likeness (QED) is 0.861. The van der Waals surface area contributed by atoms with Crippen LogP contribution in [0.2, 0.25) is 5.02 Å². The van der Waals surface area contributed by atoms with E-state index in [0.717, 1.165) is 5.56 Å². The third-order valence-electron chi connectivity index (χ3n) is 3.47. The fraction of sp³-hybridized carbons (Fsp3) is 0.500. The van der Waals surface area contributed by atoms with Crippen molar-refractivity contribution >= 4 is 27.5 Å². The van der Waals surface area contributed by atoms with Crippen molar-refractivity contribution in [2.75, 3.05) is 24.6 Å². The van der Waals surface area contributed by atoms with Crippen molar-refractivity contribution in [1.82, 2.24) is 10.6 Å². The van der Waals surface area contributed by atoms with Gasteiger partial charge in [-0.15, -0.1) is 0 Å². The summed E-state index contributed by atoms with van der Waals surface area (Å²) in [6.45, 7) is 0.914. The lowest BCUT2D eigenvalue weighted by atomic mass is 10.1. The molecular formula is C14H19ClN2O3S. The second-order valence-corrected chi connectivity index (χ2v) is 7.95. The summed E-state index contributed by atoms with van der Waals surface area (Å²) < 4.78 is 22.6. The van der Waals surface area contributed by atoms with E-state index >= 15 is 0 Å². The molecule has 21 heavy (non-hydrogen) atoms. The number of carbonyl (C=O) groups is 1. The summed E-state index contributed by atoms with van der Waals surface area (Å²) in [7, 11) is -2.88. The fourth-order valence-electron chi connectivity index (χ4n) is 2.35. The maximum Gasteiger partial charge on any atom is 0.314 e. The van der Waals surface area contributed by atoms with Crippen LogP contribution in [0.15, 0.2) is 24.3 Å². The highest BCUT2D eigenvalue weighted by Gasteiger charge is 2.27. The van der Waals surface area contributed by atoms with Crippen LogP contribution >= 0.6 is 11.6 Å². The predicted molar refractivity (Wildman–Crippen MR) is 83.3 cm³/mol. The SMILES string of the molecule is O=C(NCCc1cccc(Cl)c1)NC[C@@H]1CCS(=O)(=O)C1. The molecule has 1 aromatic carbocycles. The Morgan fingerprint density at radius 1 is 1.33 bits per heavy atom. The van der Waals surface area contributed by atoms with Gasteiger partial charge in [0, 0.05) is 18.1 Å². The minimum Gasteiger partial charge on any atom is -0.338 e. The number of amides is 2. The van der Waals surface area contributed by atoms with Crippen LogP contribution in [0.3, 0.4) is 0 Å². The van der Waals surface area contributed by atoms with Gasteiger partial charge in [0.2, 0.25) is 0 Å². The van der Waals surface area contributed by atoms with Crippen molar-refractivity contribution in [3.63, 3.8) is 0 Å². The highest BCUT2D eigenvalue weighted by atomic mass is 35.5. The van der Waals surface area contributed by atoms with Gasteiger partial charge in [-0.1, -0.05) is 23.7 Å². The van der Waals surface area contributed by atoms with Crippen molar-refractivity contribution in [1.29, 1.82) is 0 Å². The monoisotopic (exact) mass is 330 g/mol. The Morgan fingerprint density at radius 3 is 2.81 bits per heavy atom. The number of benzene rings is 1. The van der Waals surface area contributed by atoms with Crippen LogP contribution in [0.5, 0.6) is 0 Å². The summed E-state index contributed by atoms with van der Waals surface area (Å²) in [4.78, 5) is 11.6. The van der Waals surface area contributed by atoms with Crippen molar-refractivity contribution in [2.24, 2.45) is 5.92 Å². The average molecular weight is 331 g/mol. The predicted octanol–water partition coefficient (Wildman–Crippen LogP) is 1.62. The highest BCUT2D eigenvalue weighted by Crippen LogP contribution is 2.17. The first-order valence-electron chi connectivity index (χ1n) is 6.91. The fourth-order valence-corrected chi connectivity index (χ4v) is 4.42. The molecule has 7 heteroatoms. The van der Waals surface area contributed by atoms with Gasteiger partial charge in [-0.25, -0.2) is 13.2 Å². The molecule has 0 aromatic heterocycles. The zero-order valence-corrected chi connectivity index (χ0v) is 13.2. The zero-order valence-electron chi connectivity index (χ0n) is 11.6. The summed E-state index contributed by atoms with van der Waals surface area (Å²) in [5, 5.41) is 6.15. The number of halogens is 1. The van der Waals surface area contributed by atoms with Crippen LogP contribution in [-0.2, 0) is 16.3 Å². The van der Waals surface area contributed by atoms with E-state index in [1.807, 2.05) is 18.2 Å².